The van der Waals surface area contributed by atoms with Gasteiger partial charge < -0.3 is 10.6 Å². The van der Waals surface area contributed by atoms with Gasteiger partial charge in [0.05, 0.1) is 4.90 Å². The Morgan fingerprint density at radius 2 is 1.41 bits per heavy atom. The van der Waals surface area contributed by atoms with Gasteiger partial charge in [-0.3, -0.25) is 4.79 Å². The topological polar surface area (TPSA) is 83.7 Å². The van der Waals surface area contributed by atoms with E-state index in [0.717, 1.165) is 36.3 Å². The van der Waals surface area contributed by atoms with E-state index in [-0.39, 0.29) is 17.4 Å². The molecule has 3 aromatic rings. The summed E-state index contributed by atoms with van der Waals surface area (Å²) in [5.74, 6) is -0.457. The Labute approximate surface area is 236 Å². The van der Waals surface area contributed by atoms with Crippen LogP contribution in [0.1, 0.15) is 43.6 Å². The summed E-state index contributed by atoms with van der Waals surface area (Å²) in [6.45, 7) is 3.11. The van der Waals surface area contributed by atoms with Crippen LogP contribution in [-0.4, -0.2) is 60.3 Å². The first-order valence-corrected chi connectivity index (χ1v) is 16.2. The number of sulfonamides is 1. The van der Waals surface area contributed by atoms with Crippen LogP contribution in [0.25, 0.3) is 11.1 Å². The van der Waals surface area contributed by atoms with Crippen molar-refractivity contribution in [2.24, 2.45) is 5.73 Å². The van der Waals surface area contributed by atoms with E-state index in [1.165, 1.54) is 41.8 Å². The number of primary amides is 1. The molecule has 6 nitrogen and oxygen atoms in total. The highest BCUT2D eigenvalue weighted by Gasteiger charge is 2.57. The summed E-state index contributed by atoms with van der Waals surface area (Å²) in [5, 5.41) is 0. The molecule has 8 heteroatoms. The molecule has 2 unspecified atom stereocenters. The van der Waals surface area contributed by atoms with E-state index in [0.29, 0.717) is 12.2 Å². The van der Waals surface area contributed by atoms with Gasteiger partial charge in [0.15, 0.2) is 4.87 Å². The van der Waals surface area contributed by atoms with Crippen LogP contribution in [0, 0.1) is 0 Å². The molecule has 2 aliphatic rings. The van der Waals surface area contributed by atoms with Crippen LogP contribution in [-0.2, 0) is 14.8 Å². The lowest BCUT2D eigenvalue weighted by molar-refractivity contribution is -0.123. The van der Waals surface area contributed by atoms with Gasteiger partial charge in [0, 0.05) is 18.2 Å². The molecule has 206 valence electrons. The van der Waals surface area contributed by atoms with Crippen LogP contribution < -0.4 is 5.73 Å². The van der Waals surface area contributed by atoms with Gasteiger partial charge in [-0.25, -0.2) is 8.42 Å². The first-order valence-electron chi connectivity index (χ1n) is 13.8. The minimum atomic E-state index is -3.99. The summed E-state index contributed by atoms with van der Waals surface area (Å²) in [7, 11) is -3.99. The molecule has 2 saturated heterocycles. The number of rotatable bonds is 9. The summed E-state index contributed by atoms with van der Waals surface area (Å²) < 4.78 is 29.8. The molecular weight excluding hydrogens is 526 g/mol. The SMILES string of the molecule is NC(=O)C1(C(CCN2CCCCCC2)c2ccccc2)SCCN1S(=O)(=O)c1ccc(-c2ccccc2)cc1. The molecule has 0 radical (unpaired) electrons. The van der Waals surface area contributed by atoms with Crippen molar-refractivity contribution in [1.82, 2.24) is 9.21 Å². The Kier molecular flexibility index (Phi) is 8.76. The molecule has 1 amide bonds. The largest absolute Gasteiger partial charge is 0.367 e. The monoisotopic (exact) mass is 563 g/mol. The quantitative estimate of drug-likeness (QED) is 0.381. The molecule has 2 fully saturated rings. The molecule has 3 aromatic carbocycles. The molecule has 0 spiro atoms. The predicted molar refractivity (Wildman–Crippen MR) is 159 cm³/mol. The standard InChI is InChI=1S/C31H37N3O3S2/c32-30(35)31(29(27-13-7-4-8-14-27)19-22-33-20-9-1-2-10-21-33)34(23-24-38-31)39(36,37)28-17-15-26(16-18-28)25-11-5-3-6-12-25/h3-8,11-18,29H,1-2,9-10,19-24H2,(H2,32,35). The molecule has 5 rings (SSSR count). The average molecular weight is 564 g/mol. The lowest BCUT2D eigenvalue weighted by atomic mass is 9.87. The van der Waals surface area contributed by atoms with E-state index >= 15 is 0 Å². The van der Waals surface area contributed by atoms with Gasteiger partial charge in [-0.05, 0) is 67.7 Å². The Balaban J connectivity index is 1.50. The van der Waals surface area contributed by atoms with Crippen molar-refractivity contribution in [1.29, 1.82) is 0 Å². The second kappa shape index (κ2) is 12.3. The number of carbonyl (C=O) groups excluding carboxylic acids is 1. The third kappa shape index (κ3) is 5.80. The van der Waals surface area contributed by atoms with Gasteiger partial charge in [0.2, 0.25) is 15.9 Å². The first kappa shape index (κ1) is 27.9. The van der Waals surface area contributed by atoms with Crippen molar-refractivity contribution >= 4 is 27.7 Å². The highest BCUT2D eigenvalue weighted by molar-refractivity contribution is 8.02. The zero-order valence-corrected chi connectivity index (χ0v) is 23.9. The maximum atomic E-state index is 14.2. The summed E-state index contributed by atoms with van der Waals surface area (Å²) >= 11 is 1.37. The molecule has 2 N–H and O–H groups in total. The van der Waals surface area contributed by atoms with E-state index in [1.807, 2.05) is 72.8 Å². The smallest absolute Gasteiger partial charge is 0.250 e. The third-order valence-electron chi connectivity index (χ3n) is 8.00. The van der Waals surface area contributed by atoms with E-state index in [4.69, 9.17) is 5.73 Å². The molecule has 0 saturated carbocycles. The third-order valence-corrected chi connectivity index (χ3v) is 11.6. The van der Waals surface area contributed by atoms with Gasteiger partial charge in [-0.2, -0.15) is 4.31 Å². The fourth-order valence-electron chi connectivity index (χ4n) is 5.98. The van der Waals surface area contributed by atoms with E-state index in [9.17, 15) is 13.2 Å². The van der Waals surface area contributed by atoms with E-state index < -0.39 is 20.8 Å². The average Bonchev–Trinajstić information content (AvgIpc) is 3.27. The zero-order valence-electron chi connectivity index (χ0n) is 22.2. The second-order valence-corrected chi connectivity index (χ2v) is 13.6. The zero-order chi connectivity index (χ0) is 27.3. The van der Waals surface area contributed by atoms with Crippen LogP contribution in [0.5, 0.6) is 0 Å². The number of nitrogens with zero attached hydrogens (tertiary/aromatic N) is 2. The number of amides is 1. The molecule has 2 heterocycles. The van der Waals surface area contributed by atoms with Crippen molar-refractivity contribution in [3.63, 3.8) is 0 Å². The number of hydrogen-bond donors (Lipinski definition) is 1. The Hall–Kier alpha value is -2.65. The van der Waals surface area contributed by atoms with Crippen LogP contribution in [0.3, 0.4) is 0 Å². The van der Waals surface area contributed by atoms with E-state index in [2.05, 4.69) is 4.90 Å². The first-order chi connectivity index (χ1) is 18.9. The van der Waals surface area contributed by atoms with Gasteiger partial charge in [-0.15, -0.1) is 11.8 Å². The highest BCUT2D eigenvalue weighted by atomic mass is 32.2. The molecule has 0 bridgehead atoms. The van der Waals surface area contributed by atoms with E-state index in [1.54, 1.807) is 12.1 Å². The highest BCUT2D eigenvalue weighted by Crippen LogP contribution is 2.50. The number of thioether (sulfide) groups is 1. The lowest BCUT2D eigenvalue weighted by Crippen LogP contribution is -2.58. The van der Waals surface area contributed by atoms with Crippen LogP contribution in [0.15, 0.2) is 89.8 Å². The van der Waals surface area contributed by atoms with Crippen molar-refractivity contribution in [2.75, 3.05) is 31.9 Å². The normalized spacial score (nSPS) is 21.8. The lowest BCUT2D eigenvalue weighted by Gasteiger charge is -2.41. The maximum Gasteiger partial charge on any atom is 0.250 e. The van der Waals surface area contributed by atoms with Crippen molar-refractivity contribution in [3.05, 3.63) is 90.5 Å². The summed E-state index contributed by atoms with van der Waals surface area (Å²) in [6, 6.07) is 26.6. The maximum absolute atomic E-state index is 14.2. The number of nitrogens with two attached hydrogens (primary N) is 1. The fourth-order valence-corrected chi connectivity index (χ4v) is 9.61. The van der Waals surface area contributed by atoms with Crippen LogP contribution >= 0.6 is 11.8 Å². The molecule has 0 aromatic heterocycles. The summed E-state index contributed by atoms with van der Waals surface area (Å²) in [5.41, 5.74) is 9.09. The van der Waals surface area contributed by atoms with Gasteiger partial charge >= 0.3 is 0 Å². The molecule has 2 aliphatic heterocycles. The second-order valence-electron chi connectivity index (χ2n) is 10.4. The fraction of sp³-hybridized carbons (Fsp3) is 0.387. The minimum Gasteiger partial charge on any atom is -0.367 e. The van der Waals surface area contributed by atoms with Gasteiger partial charge in [0.1, 0.15) is 0 Å². The van der Waals surface area contributed by atoms with Crippen molar-refractivity contribution < 1.29 is 13.2 Å². The Morgan fingerprint density at radius 3 is 2.03 bits per heavy atom. The number of carbonyl (C=O) groups is 1. The van der Waals surface area contributed by atoms with Crippen LogP contribution in [0.2, 0.25) is 0 Å². The van der Waals surface area contributed by atoms with Gasteiger partial charge in [0.25, 0.3) is 0 Å². The molecule has 2 atom stereocenters. The Bertz CT molecular complexity index is 1340. The summed E-state index contributed by atoms with van der Waals surface area (Å²) in [6.07, 6.45) is 5.48. The number of likely N-dealkylation sites (tertiary alicyclic amines) is 1. The number of hydrogen-bond acceptors (Lipinski definition) is 5. The van der Waals surface area contributed by atoms with Crippen LogP contribution in [0.4, 0.5) is 0 Å². The summed E-state index contributed by atoms with van der Waals surface area (Å²) in [4.78, 5) is 14.7. The number of benzene rings is 3. The Morgan fingerprint density at radius 1 is 0.821 bits per heavy atom. The molecule has 0 aliphatic carbocycles. The molecular formula is C31H37N3O3S2. The molecule has 39 heavy (non-hydrogen) atoms. The predicted octanol–water partition coefficient (Wildman–Crippen LogP) is 5.32. The van der Waals surface area contributed by atoms with Gasteiger partial charge in [-0.1, -0.05) is 85.6 Å². The van der Waals surface area contributed by atoms with Crippen molar-refractivity contribution in [3.8, 4) is 11.1 Å². The van der Waals surface area contributed by atoms with Crippen molar-refractivity contribution in [2.45, 2.75) is 47.8 Å². The minimum absolute atomic E-state index is 0.176.